The molecule has 1 aliphatic rings. The average Bonchev–Trinajstić information content (AvgIpc) is 2.56. The van der Waals surface area contributed by atoms with E-state index in [-0.39, 0.29) is 6.04 Å². The molecule has 0 heterocycles. The highest BCUT2D eigenvalue weighted by Gasteiger charge is 2.21. The first-order chi connectivity index (χ1) is 10.6. The van der Waals surface area contributed by atoms with Gasteiger partial charge in [0.25, 0.3) is 0 Å². The molecule has 1 aromatic carbocycles. The Hall–Kier alpha value is -2.24. The Labute approximate surface area is 130 Å². The smallest absolute Gasteiger partial charge is 0.313 e. The third-order valence-electron chi connectivity index (χ3n) is 3.80. The Balaban J connectivity index is 1.97. The number of hydrogen-bond donors (Lipinski definition) is 2. The Kier molecular flexibility index (Phi) is 5.63. The maximum absolute atomic E-state index is 12.0. The van der Waals surface area contributed by atoms with Crippen molar-refractivity contribution >= 4 is 17.5 Å². The Morgan fingerprint density at radius 1 is 1.05 bits per heavy atom. The number of ether oxygens (including phenoxy) is 2. The van der Waals surface area contributed by atoms with E-state index < -0.39 is 11.8 Å². The van der Waals surface area contributed by atoms with Crippen molar-refractivity contribution in [3.05, 3.63) is 18.2 Å². The molecule has 22 heavy (non-hydrogen) atoms. The molecule has 1 saturated carbocycles. The molecule has 120 valence electrons. The van der Waals surface area contributed by atoms with Crippen LogP contribution in [-0.4, -0.2) is 32.1 Å². The van der Waals surface area contributed by atoms with Crippen molar-refractivity contribution in [1.82, 2.24) is 5.32 Å². The summed E-state index contributed by atoms with van der Waals surface area (Å²) < 4.78 is 10.3. The minimum atomic E-state index is -0.686. The zero-order valence-electron chi connectivity index (χ0n) is 13.0. The van der Waals surface area contributed by atoms with Gasteiger partial charge in [-0.2, -0.15) is 0 Å². The van der Waals surface area contributed by atoms with Crippen molar-refractivity contribution in [2.75, 3.05) is 19.5 Å². The van der Waals surface area contributed by atoms with Crippen molar-refractivity contribution in [3.63, 3.8) is 0 Å². The lowest BCUT2D eigenvalue weighted by atomic mass is 9.95. The fourth-order valence-electron chi connectivity index (χ4n) is 2.58. The van der Waals surface area contributed by atoms with Gasteiger partial charge in [-0.25, -0.2) is 0 Å². The highest BCUT2D eigenvalue weighted by atomic mass is 16.5. The van der Waals surface area contributed by atoms with Gasteiger partial charge in [-0.05, 0) is 25.0 Å². The van der Waals surface area contributed by atoms with Crippen LogP contribution in [0.1, 0.15) is 32.1 Å². The van der Waals surface area contributed by atoms with E-state index in [9.17, 15) is 9.59 Å². The third kappa shape index (κ3) is 4.13. The van der Waals surface area contributed by atoms with Crippen LogP contribution in [0.15, 0.2) is 18.2 Å². The number of methoxy groups -OCH3 is 2. The molecule has 6 heteroatoms. The molecular weight excluding hydrogens is 284 g/mol. The summed E-state index contributed by atoms with van der Waals surface area (Å²) in [6, 6.07) is 5.08. The van der Waals surface area contributed by atoms with Crippen molar-refractivity contribution in [1.29, 1.82) is 0 Å². The molecule has 1 aliphatic carbocycles. The van der Waals surface area contributed by atoms with Gasteiger partial charge in [0.2, 0.25) is 0 Å². The topological polar surface area (TPSA) is 76.7 Å². The van der Waals surface area contributed by atoms with Gasteiger partial charge in [0.15, 0.2) is 0 Å². The normalized spacial score (nSPS) is 15.0. The SMILES string of the molecule is COc1ccc(NC(=O)C(=O)NC2CCCCC2)c(OC)c1. The van der Waals surface area contributed by atoms with E-state index in [4.69, 9.17) is 9.47 Å². The van der Waals surface area contributed by atoms with Gasteiger partial charge < -0.3 is 20.1 Å². The van der Waals surface area contributed by atoms with Crippen LogP contribution < -0.4 is 20.1 Å². The lowest BCUT2D eigenvalue weighted by molar-refractivity contribution is -0.136. The zero-order chi connectivity index (χ0) is 15.9. The highest BCUT2D eigenvalue weighted by molar-refractivity contribution is 6.39. The largest absolute Gasteiger partial charge is 0.497 e. The number of amides is 2. The molecule has 0 unspecified atom stereocenters. The predicted molar refractivity (Wildman–Crippen MR) is 83.2 cm³/mol. The number of nitrogens with one attached hydrogen (secondary N) is 2. The van der Waals surface area contributed by atoms with E-state index in [1.807, 2.05) is 0 Å². The summed E-state index contributed by atoms with van der Waals surface area (Å²) in [5, 5.41) is 5.35. The van der Waals surface area contributed by atoms with Crippen LogP contribution in [0.25, 0.3) is 0 Å². The minimum Gasteiger partial charge on any atom is -0.497 e. The predicted octanol–water partition coefficient (Wildman–Crippen LogP) is 2.09. The lowest BCUT2D eigenvalue weighted by Gasteiger charge is -2.22. The molecule has 2 rings (SSSR count). The fourth-order valence-corrected chi connectivity index (χ4v) is 2.58. The van der Waals surface area contributed by atoms with Gasteiger partial charge >= 0.3 is 11.8 Å². The number of carbonyl (C=O) groups is 2. The van der Waals surface area contributed by atoms with Gasteiger partial charge in [-0.3, -0.25) is 9.59 Å². The first-order valence-corrected chi connectivity index (χ1v) is 7.48. The van der Waals surface area contributed by atoms with Crippen LogP contribution in [0, 0.1) is 0 Å². The van der Waals surface area contributed by atoms with Gasteiger partial charge in [-0.1, -0.05) is 19.3 Å². The fraction of sp³-hybridized carbons (Fsp3) is 0.500. The Bertz CT molecular complexity index is 539. The Morgan fingerprint density at radius 3 is 2.41 bits per heavy atom. The molecule has 0 saturated heterocycles. The second-order valence-corrected chi connectivity index (χ2v) is 5.33. The maximum Gasteiger partial charge on any atom is 0.313 e. The van der Waals surface area contributed by atoms with Crippen molar-refractivity contribution in [3.8, 4) is 11.5 Å². The van der Waals surface area contributed by atoms with Gasteiger partial charge in [0, 0.05) is 12.1 Å². The van der Waals surface area contributed by atoms with Crippen LogP contribution in [0.4, 0.5) is 5.69 Å². The maximum atomic E-state index is 12.0. The van der Waals surface area contributed by atoms with Crippen LogP contribution in [0.5, 0.6) is 11.5 Å². The summed E-state index contributed by atoms with van der Waals surface area (Å²) in [7, 11) is 3.04. The summed E-state index contributed by atoms with van der Waals surface area (Å²) in [5.74, 6) is -0.238. The molecule has 1 aromatic rings. The van der Waals surface area contributed by atoms with Gasteiger partial charge in [-0.15, -0.1) is 0 Å². The Morgan fingerprint density at radius 2 is 1.77 bits per heavy atom. The molecule has 6 nitrogen and oxygen atoms in total. The first kappa shape index (κ1) is 16.1. The van der Waals surface area contributed by atoms with E-state index in [1.165, 1.54) is 13.5 Å². The second-order valence-electron chi connectivity index (χ2n) is 5.33. The van der Waals surface area contributed by atoms with E-state index in [0.29, 0.717) is 17.2 Å². The highest BCUT2D eigenvalue weighted by Crippen LogP contribution is 2.28. The molecule has 0 aliphatic heterocycles. The van der Waals surface area contributed by atoms with E-state index >= 15 is 0 Å². The molecule has 1 fully saturated rings. The molecule has 2 amide bonds. The quantitative estimate of drug-likeness (QED) is 0.835. The van der Waals surface area contributed by atoms with Crippen LogP contribution in [0.2, 0.25) is 0 Å². The monoisotopic (exact) mass is 306 g/mol. The zero-order valence-corrected chi connectivity index (χ0v) is 13.0. The molecule has 2 N–H and O–H groups in total. The number of benzene rings is 1. The summed E-state index contributed by atoms with van der Waals surface area (Å²) in [5.41, 5.74) is 0.437. The van der Waals surface area contributed by atoms with Crippen LogP contribution >= 0.6 is 0 Å². The number of anilines is 1. The molecule has 0 spiro atoms. The number of carbonyl (C=O) groups excluding carboxylic acids is 2. The van der Waals surface area contributed by atoms with E-state index in [0.717, 1.165) is 25.7 Å². The summed E-state index contributed by atoms with van der Waals surface area (Å²) in [4.78, 5) is 23.9. The van der Waals surface area contributed by atoms with Crippen molar-refractivity contribution in [2.24, 2.45) is 0 Å². The molecule has 0 bridgehead atoms. The second kappa shape index (κ2) is 7.68. The van der Waals surface area contributed by atoms with Crippen LogP contribution in [0.3, 0.4) is 0 Å². The summed E-state index contributed by atoms with van der Waals surface area (Å²) in [6.45, 7) is 0. The first-order valence-electron chi connectivity index (χ1n) is 7.48. The van der Waals surface area contributed by atoms with Crippen molar-refractivity contribution in [2.45, 2.75) is 38.1 Å². The molecule has 0 atom stereocenters. The van der Waals surface area contributed by atoms with Crippen molar-refractivity contribution < 1.29 is 19.1 Å². The standard InChI is InChI=1S/C16H22N2O4/c1-21-12-8-9-13(14(10-12)22-2)18-16(20)15(19)17-11-6-4-3-5-7-11/h8-11H,3-7H2,1-2H3,(H,17,19)(H,18,20). The van der Waals surface area contributed by atoms with Crippen LogP contribution in [-0.2, 0) is 9.59 Å². The van der Waals surface area contributed by atoms with Gasteiger partial charge in [0.05, 0.1) is 19.9 Å². The van der Waals surface area contributed by atoms with E-state index in [1.54, 1.807) is 25.3 Å². The summed E-state index contributed by atoms with van der Waals surface area (Å²) >= 11 is 0. The lowest BCUT2D eigenvalue weighted by Crippen LogP contribution is -2.42. The number of rotatable bonds is 4. The van der Waals surface area contributed by atoms with E-state index in [2.05, 4.69) is 10.6 Å². The molecule has 0 radical (unpaired) electrons. The average molecular weight is 306 g/mol. The summed E-state index contributed by atoms with van der Waals surface area (Å²) in [6.07, 6.45) is 5.26. The minimum absolute atomic E-state index is 0.102. The molecule has 0 aromatic heterocycles. The number of hydrogen-bond acceptors (Lipinski definition) is 4. The molecular formula is C16H22N2O4. The van der Waals surface area contributed by atoms with Gasteiger partial charge in [0.1, 0.15) is 11.5 Å². The third-order valence-corrected chi connectivity index (χ3v) is 3.80.